The second-order valence-corrected chi connectivity index (χ2v) is 5.08. The van der Waals surface area contributed by atoms with Crippen LogP contribution in [0.15, 0.2) is 6.33 Å². The third kappa shape index (κ3) is 1.86. The van der Waals surface area contributed by atoms with E-state index in [1.54, 1.807) is 0 Å². The van der Waals surface area contributed by atoms with Gasteiger partial charge in [0.15, 0.2) is 0 Å². The number of nitrogens with zero attached hydrogens (tertiary/aromatic N) is 3. The summed E-state index contributed by atoms with van der Waals surface area (Å²) in [4.78, 5) is 0. The summed E-state index contributed by atoms with van der Waals surface area (Å²) in [5, 5.41) is 12.0. The van der Waals surface area contributed by atoms with Crippen molar-refractivity contribution in [3.63, 3.8) is 0 Å². The molecular formula is C12H20N4. The Morgan fingerprint density at radius 3 is 2.81 bits per heavy atom. The summed E-state index contributed by atoms with van der Waals surface area (Å²) in [5.74, 6) is 1.91. The molecular weight excluding hydrogens is 200 g/mol. The number of nitrogens with one attached hydrogen (secondary N) is 1. The maximum atomic E-state index is 4.36. The fourth-order valence-electron chi connectivity index (χ4n) is 3.08. The van der Waals surface area contributed by atoms with E-state index in [2.05, 4.69) is 20.1 Å². The van der Waals surface area contributed by atoms with Gasteiger partial charge >= 0.3 is 0 Å². The Morgan fingerprint density at radius 2 is 2.06 bits per heavy atom. The minimum absolute atomic E-state index is 0.583. The zero-order valence-corrected chi connectivity index (χ0v) is 9.73. The molecule has 88 valence electrons. The highest BCUT2D eigenvalue weighted by Gasteiger charge is 2.25. The lowest BCUT2D eigenvalue weighted by Crippen LogP contribution is -2.32. The highest BCUT2D eigenvalue weighted by Crippen LogP contribution is 2.34. The number of hydrogen-bond donors (Lipinski definition) is 1. The van der Waals surface area contributed by atoms with Crippen molar-refractivity contribution in [3.05, 3.63) is 12.2 Å². The standard InChI is InChI=1S/C12H20N4/c1-2-5-10(4-1)12-15-14-9-16(12)11-6-3-7-13-8-11/h9-11,13H,1-8H2. The zero-order chi connectivity index (χ0) is 10.8. The first kappa shape index (κ1) is 10.3. The van der Waals surface area contributed by atoms with Gasteiger partial charge in [0.05, 0.1) is 0 Å². The third-order valence-electron chi connectivity index (χ3n) is 3.99. The maximum absolute atomic E-state index is 4.36. The normalized spacial score (nSPS) is 27.4. The number of aromatic nitrogens is 3. The van der Waals surface area contributed by atoms with Crippen molar-refractivity contribution < 1.29 is 0 Å². The van der Waals surface area contributed by atoms with Crippen LogP contribution in [0.25, 0.3) is 0 Å². The molecule has 1 saturated heterocycles. The monoisotopic (exact) mass is 220 g/mol. The highest BCUT2D eigenvalue weighted by molar-refractivity contribution is 5.01. The van der Waals surface area contributed by atoms with E-state index in [1.807, 2.05) is 6.33 Å². The van der Waals surface area contributed by atoms with Gasteiger partial charge in [-0.2, -0.15) is 0 Å². The molecule has 1 saturated carbocycles. The van der Waals surface area contributed by atoms with E-state index in [4.69, 9.17) is 0 Å². The summed E-state index contributed by atoms with van der Waals surface area (Å²) in [6, 6.07) is 0.583. The molecule has 0 spiro atoms. The van der Waals surface area contributed by atoms with Gasteiger partial charge in [0.2, 0.25) is 0 Å². The van der Waals surface area contributed by atoms with Crippen LogP contribution < -0.4 is 5.32 Å². The fourth-order valence-corrected chi connectivity index (χ4v) is 3.08. The molecule has 2 aliphatic rings. The van der Waals surface area contributed by atoms with Crippen molar-refractivity contribution >= 4 is 0 Å². The van der Waals surface area contributed by atoms with Crippen molar-refractivity contribution in [1.29, 1.82) is 0 Å². The lowest BCUT2D eigenvalue weighted by Gasteiger charge is -2.26. The average Bonchev–Trinajstić information content (AvgIpc) is 3.01. The molecule has 4 nitrogen and oxygen atoms in total. The molecule has 1 unspecified atom stereocenters. The smallest absolute Gasteiger partial charge is 0.136 e. The van der Waals surface area contributed by atoms with Crippen LogP contribution in [0.1, 0.15) is 56.3 Å². The predicted octanol–water partition coefficient (Wildman–Crippen LogP) is 1.86. The second kappa shape index (κ2) is 4.53. The molecule has 2 fully saturated rings. The number of piperidine rings is 1. The van der Waals surface area contributed by atoms with Crippen LogP contribution in [0.2, 0.25) is 0 Å². The molecule has 0 bridgehead atoms. The Bertz CT molecular complexity index is 335. The number of rotatable bonds is 2. The zero-order valence-electron chi connectivity index (χ0n) is 9.73. The van der Waals surface area contributed by atoms with E-state index in [-0.39, 0.29) is 0 Å². The highest BCUT2D eigenvalue weighted by atomic mass is 15.3. The van der Waals surface area contributed by atoms with E-state index < -0.39 is 0 Å². The lowest BCUT2D eigenvalue weighted by atomic mass is 10.0. The van der Waals surface area contributed by atoms with Gasteiger partial charge in [-0.1, -0.05) is 12.8 Å². The molecule has 4 heteroatoms. The van der Waals surface area contributed by atoms with Crippen molar-refractivity contribution in [1.82, 2.24) is 20.1 Å². The number of hydrogen-bond acceptors (Lipinski definition) is 3. The van der Waals surface area contributed by atoms with Crippen molar-refractivity contribution in [2.75, 3.05) is 13.1 Å². The largest absolute Gasteiger partial charge is 0.315 e. The van der Waals surface area contributed by atoms with Gasteiger partial charge in [0, 0.05) is 18.5 Å². The molecule has 0 radical (unpaired) electrons. The summed E-state index contributed by atoms with van der Waals surface area (Å²) >= 11 is 0. The van der Waals surface area contributed by atoms with Crippen LogP contribution in [0, 0.1) is 0 Å². The molecule has 1 aromatic rings. The topological polar surface area (TPSA) is 42.7 Å². The molecule has 0 amide bonds. The Kier molecular flexibility index (Phi) is 2.91. The average molecular weight is 220 g/mol. The van der Waals surface area contributed by atoms with Gasteiger partial charge in [0.25, 0.3) is 0 Å². The van der Waals surface area contributed by atoms with Crippen molar-refractivity contribution in [2.45, 2.75) is 50.5 Å². The van der Waals surface area contributed by atoms with Gasteiger partial charge in [-0.3, -0.25) is 0 Å². The molecule has 1 aliphatic heterocycles. The summed E-state index contributed by atoms with van der Waals surface area (Å²) in [6.07, 6.45) is 9.81. The van der Waals surface area contributed by atoms with Gasteiger partial charge in [-0.15, -0.1) is 10.2 Å². The molecule has 0 aromatic carbocycles. The summed E-state index contributed by atoms with van der Waals surface area (Å²) in [7, 11) is 0. The van der Waals surface area contributed by atoms with Crippen LogP contribution in [-0.4, -0.2) is 27.9 Å². The molecule has 1 aliphatic carbocycles. The molecule has 2 heterocycles. The van der Waals surface area contributed by atoms with Crippen molar-refractivity contribution in [2.24, 2.45) is 0 Å². The molecule has 1 aromatic heterocycles. The first-order valence-corrected chi connectivity index (χ1v) is 6.55. The minimum atomic E-state index is 0.583. The van der Waals surface area contributed by atoms with Gasteiger partial charge in [-0.05, 0) is 32.2 Å². The van der Waals surface area contributed by atoms with Crippen LogP contribution >= 0.6 is 0 Å². The third-order valence-corrected chi connectivity index (χ3v) is 3.99. The Labute approximate surface area is 96.4 Å². The van der Waals surface area contributed by atoms with E-state index >= 15 is 0 Å². The molecule has 1 atom stereocenters. The van der Waals surface area contributed by atoms with Gasteiger partial charge in [-0.25, -0.2) is 0 Å². The molecule has 3 rings (SSSR count). The Morgan fingerprint density at radius 1 is 1.19 bits per heavy atom. The summed E-state index contributed by atoms with van der Waals surface area (Å²) in [6.45, 7) is 2.25. The molecule has 16 heavy (non-hydrogen) atoms. The Balaban J connectivity index is 1.80. The van der Waals surface area contributed by atoms with E-state index in [1.165, 1.54) is 44.3 Å². The van der Waals surface area contributed by atoms with Crippen LogP contribution in [0.3, 0.4) is 0 Å². The van der Waals surface area contributed by atoms with Crippen molar-refractivity contribution in [3.8, 4) is 0 Å². The SMILES string of the molecule is c1nnc(C2CCCC2)n1C1CCCNC1. The quantitative estimate of drug-likeness (QED) is 0.827. The Hall–Kier alpha value is -0.900. The first-order chi connectivity index (χ1) is 7.95. The summed E-state index contributed by atoms with van der Waals surface area (Å²) in [5.41, 5.74) is 0. The van der Waals surface area contributed by atoms with Crippen LogP contribution in [-0.2, 0) is 0 Å². The summed E-state index contributed by atoms with van der Waals surface area (Å²) < 4.78 is 2.34. The van der Waals surface area contributed by atoms with Gasteiger partial charge in [0.1, 0.15) is 12.2 Å². The van der Waals surface area contributed by atoms with Crippen LogP contribution in [0.5, 0.6) is 0 Å². The second-order valence-electron chi connectivity index (χ2n) is 5.08. The lowest BCUT2D eigenvalue weighted by molar-refractivity contribution is 0.357. The minimum Gasteiger partial charge on any atom is -0.315 e. The van der Waals surface area contributed by atoms with E-state index in [0.29, 0.717) is 12.0 Å². The maximum Gasteiger partial charge on any atom is 0.136 e. The van der Waals surface area contributed by atoms with Gasteiger partial charge < -0.3 is 9.88 Å². The van der Waals surface area contributed by atoms with E-state index in [0.717, 1.165) is 13.1 Å². The predicted molar refractivity (Wildman–Crippen MR) is 62.4 cm³/mol. The molecule has 1 N–H and O–H groups in total. The first-order valence-electron chi connectivity index (χ1n) is 6.55. The van der Waals surface area contributed by atoms with E-state index in [9.17, 15) is 0 Å². The fraction of sp³-hybridized carbons (Fsp3) is 0.833. The van der Waals surface area contributed by atoms with Crippen LogP contribution in [0.4, 0.5) is 0 Å².